The van der Waals surface area contributed by atoms with Crippen LogP contribution >= 0.6 is 11.3 Å². The topological polar surface area (TPSA) is 85.1 Å². The minimum absolute atomic E-state index is 0.0785. The number of alkyl halides is 3. The predicted molar refractivity (Wildman–Crippen MR) is 93.6 cm³/mol. The van der Waals surface area contributed by atoms with Gasteiger partial charge in [-0.3, -0.25) is 14.9 Å². The molecule has 1 aromatic carbocycles. The summed E-state index contributed by atoms with van der Waals surface area (Å²) >= 11 is 0.851. The Kier molecular flexibility index (Phi) is 4.83. The predicted octanol–water partition coefficient (Wildman–Crippen LogP) is 4.46. The number of aromatic nitrogens is 1. The van der Waals surface area contributed by atoms with Crippen molar-refractivity contribution in [2.24, 2.45) is 0 Å². The number of para-hydroxylation sites is 1. The van der Waals surface area contributed by atoms with Gasteiger partial charge < -0.3 is 5.32 Å². The zero-order valence-electron chi connectivity index (χ0n) is 13.8. The minimum Gasteiger partial charge on any atom is -0.347 e. The largest absolute Gasteiger partial charge is 0.433 e. The standard InChI is InChI=1S/C17H12F3N3O3S/c1-9-11-6-7-13(17(18,19)20)22-16(11)27-14(9)15(24)21-8-10-4-2-3-5-12(10)23(25)26/h2-7H,8H2,1H3,(H,21,24). The fraction of sp³-hybridized carbons (Fsp3) is 0.176. The Morgan fingerprint density at radius 1 is 1.26 bits per heavy atom. The van der Waals surface area contributed by atoms with Gasteiger partial charge in [-0.05, 0) is 24.6 Å². The van der Waals surface area contributed by atoms with Crippen molar-refractivity contribution in [3.8, 4) is 0 Å². The van der Waals surface area contributed by atoms with Gasteiger partial charge in [0.2, 0.25) is 0 Å². The third-order valence-corrected chi connectivity index (χ3v) is 5.13. The van der Waals surface area contributed by atoms with Crippen LogP contribution in [0.3, 0.4) is 0 Å². The average Bonchev–Trinajstić information content (AvgIpc) is 2.95. The summed E-state index contributed by atoms with van der Waals surface area (Å²) in [5, 5.41) is 14.1. The molecule has 0 fully saturated rings. The van der Waals surface area contributed by atoms with Gasteiger partial charge in [0.25, 0.3) is 11.6 Å². The molecule has 0 radical (unpaired) electrons. The number of amides is 1. The summed E-state index contributed by atoms with van der Waals surface area (Å²) < 4.78 is 38.4. The Bertz CT molecular complexity index is 1050. The van der Waals surface area contributed by atoms with Crippen LogP contribution in [0.25, 0.3) is 10.2 Å². The maximum absolute atomic E-state index is 12.8. The van der Waals surface area contributed by atoms with Crippen molar-refractivity contribution < 1.29 is 22.9 Å². The lowest BCUT2D eigenvalue weighted by atomic mass is 10.1. The summed E-state index contributed by atoms with van der Waals surface area (Å²) in [6, 6.07) is 8.14. The lowest BCUT2D eigenvalue weighted by Crippen LogP contribution is -2.22. The van der Waals surface area contributed by atoms with Gasteiger partial charge in [0.15, 0.2) is 0 Å². The number of nitro benzene ring substituents is 1. The Hall–Kier alpha value is -3.01. The number of halogens is 3. The van der Waals surface area contributed by atoms with Gasteiger partial charge in [0, 0.05) is 23.6 Å². The molecule has 3 aromatic rings. The van der Waals surface area contributed by atoms with Gasteiger partial charge in [0.1, 0.15) is 10.5 Å². The summed E-state index contributed by atoms with van der Waals surface area (Å²) in [5.74, 6) is -0.526. The van der Waals surface area contributed by atoms with E-state index in [0.29, 0.717) is 16.5 Å². The molecule has 0 spiro atoms. The highest BCUT2D eigenvalue weighted by atomic mass is 32.1. The summed E-state index contributed by atoms with van der Waals surface area (Å²) in [5.41, 5.74) is -0.311. The van der Waals surface area contributed by atoms with E-state index in [1.165, 1.54) is 24.3 Å². The molecule has 0 saturated carbocycles. The molecular formula is C17H12F3N3O3S. The second-order valence-electron chi connectivity index (χ2n) is 5.67. The Labute approximate surface area is 154 Å². The van der Waals surface area contributed by atoms with E-state index < -0.39 is 22.7 Å². The molecule has 1 N–H and O–H groups in total. The maximum Gasteiger partial charge on any atom is 0.433 e. The highest BCUT2D eigenvalue weighted by Crippen LogP contribution is 2.34. The summed E-state index contributed by atoms with van der Waals surface area (Å²) in [4.78, 5) is 26.8. The van der Waals surface area contributed by atoms with E-state index in [4.69, 9.17) is 0 Å². The first-order valence-electron chi connectivity index (χ1n) is 7.66. The lowest BCUT2D eigenvalue weighted by molar-refractivity contribution is -0.385. The van der Waals surface area contributed by atoms with Crippen LogP contribution in [0, 0.1) is 17.0 Å². The first-order chi connectivity index (χ1) is 12.7. The normalized spacial score (nSPS) is 11.6. The Morgan fingerprint density at radius 3 is 2.63 bits per heavy atom. The Morgan fingerprint density at radius 2 is 1.96 bits per heavy atom. The molecule has 0 aliphatic heterocycles. The van der Waals surface area contributed by atoms with Crippen molar-refractivity contribution in [3.05, 3.63) is 68.2 Å². The van der Waals surface area contributed by atoms with Crippen LogP contribution in [-0.2, 0) is 12.7 Å². The van der Waals surface area contributed by atoms with Crippen molar-refractivity contribution >= 4 is 33.1 Å². The van der Waals surface area contributed by atoms with E-state index in [1.54, 1.807) is 13.0 Å². The Balaban J connectivity index is 1.86. The SMILES string of the molecule is Cc1c(C(=O)NCc2ccccc2[N+](=O)[O-])sc2nc(C(F)(F)F)ccc12. The number of rotatable bonds is 4. The number of hydrogen-bond donors (Lipinski definition) is 1. The first-order valence-corrected chi connectivity index (χ1v) is 8.48. The fourth-order valence-electron chi connectivity index (χ4n) is 2.57. The summed E-state index contributed by atoms with van der Waals surface area (Å²) in [7, 11) is 0. The molecule has 3 rings (SSSR count). The van der Waals surface area contributed by atoms with Gasteiger partial charge in [-0.1, -0.05) is 18.2 Å². The number of nitro groups is 1. The molecule has 0 atom stereocenters. The highest BCUT2D eigenvalue weighted by molar-refractivity contribution is 7.20. The van der Waals surface area contributed by atoms with Crippen LogP contribution in [0.1, 0.15) is 26.5 Å². The second kappa shape index (κ2) is 6.95. The van der Waals surface area contributed by atoms with Crippen LogP contribution in [-0.4, -0.2) is 15.8 Å². The molecule has 140 valence electrons. The van der Waals surface area contributed by atoms with Crippen LogP contribution in [0.2, 0.25) is 0 Å². The molecule has 0 saturated heterocycles. The minimum atomic E-state index is -4.57. The zero-order chi connectivity index (χ0) is 19.8. The first kappa shape index (κ1) is 18.8. The smallest absolute Gasteiger partial charge is 0.347 e. The summed E-state index contributed by atoms with van der Waals surface area (Å²) in [6.07, 6.45) is -4.57. The van der Waals surface area contributed by atoms with Gasteiger partial charge in [-0.2, -0.15) is 13.2 Å². The molecule has 0 unspecified atom stereocenters. The highest BCUT2D eigenvalue weighted by Gasteiger charge is 2.33. The molecule has 10 heteroatoms. The second-order valence-corrected chi connectivity index (χ2v) is 6.67. The van der Waals surface area contributed by atoms with Crippen LogP contribution in [0.15, 0.2) is 36.4 Å². The number of hydrogen-bond acceptors (Lipinski definition) is 5. The third kappa shape index (κ3) is 3.75. The van der Waals surface area contributed by atoms with Crippen LogP contribution in [0.5, 0.6) is 0 Å². The number of carbonyl (C=O) groups excluding carboxylic acids is 1. The van der Waals surface area contributed by atoms with E-state index >= 15 is 0 Å². The van der Waals surface area contributed by atoms with Gasteiger partial charge in [-0.25, -0.2) is 4.98 Å². The lowest BCUT2D eigenvalue weighted by Gasteiger charge is -2.05. The molecule has 2 aromatic heterocycles. The van der Waals surface area contributed by atoms with Crippen LogP contribution in [0.4, 0.5) is 18.9 Å². The maximum atomic E-state index is 12.8. The number of pyridine rings is 1. The molecular weight excluding hydrogens is 383 g/mol. The van der Waals surface area contributed by atoms with E-state index in [1.807, 2.05) is 0 Å². The molecule has 0 bridgehead atoms. The number of nitrogens with one attached hydrogen (secondary N) is 1. The zero-order valence-corrected chi connectivity index (χ0v) is 14.6. The number of aryl methyl sites for hydroxylation is 1. The number of thiophene rings is 1. The fourth-order valence-corrected chi connectivity index (χ4v) is 3.66. The number of carbonyl (C=O) groups is 1. The van der Waals surface area contributed by atoms with Gasteiger partial charge in [0.05, 0.1) is 9.80 Å². The monoisotopic (exact) mass is 395 g/mol. The van der Waals surface area contributed by atoms with E-state index in [2.05, 4.69) is 10.3 Å². The molecule has 6 nitrogen and oxygen atoms in total. The van der Waals surface area contributed by atoms with Crippen molar-refractivity contribution in [2.45, 2.75) is 19.6 Å². The molecule has 2 heterocycles. The molecule has 27 heavy (non-hydrogen) atoms. The molecule has 0 aliphatic rings. The molecule has 1 amide bonds. The quantitative estimate of drug-likeness (QED) is 0.522. The number of fused-ring (bicyclic) bond motifs is 1. The van der Waals surface area contributed by atoms with Crippen molar-refractivity contribution in [1.29, 1.82) is 0 Å². The third-order valence-electron chi connectivity index (χ3n) is 3.93. The van der Waals surface area contributed by atoms with E-state index in [0.717, 1.165) is 17.4 Å². The van der Waals surface area contributed by atoms with Crippen molar-refractivity contribution in [1.82, 2.24) is 10.3 Å². The van der Waals surface area contributed by atoms with Gasteiger partial charge in [-0.15, -0.1) is 11.3 Å². The van der Waals surface area contributed by atoms with Crippen molar-refractivity contribution in [3.63, 3.8) is 0 Å². The number of benzene rings is 1. The number of nitrogens with zero attached hydrogens (tertiary/aromatic N) is 2. The van der Waals surface area contributed by atoms with Crippen LogP contribution < -0.4 is 5.32 Å². The van der Waals surface area contributed by atoms with Crippen molar-refractivity contribution in [2.75, 3.05) is 0 Å². The van der Waals surface area contributed by atoms with E-state index in [-0.39, 0.29) is 21.9 Å². The molecule has 0 aliphatic carbocycles. The van der Waals surface area contributed by atoms with E-state index in [9.17, 15) is 28.1 Å². The summed E-state index contributed by atoms with van der Waals surface area (Å²) in [6.45, 7) is 1.54. The average molecular weight is 395 g/mol. The van der Waals surface area contributed by atoms with Gasteiger partial charge >= 0.3 is 6.18 Å².